The van der Waals surface area contributed by atoms with E-state index in [-0.39, 0.29) is 11.7 Å². The lowest BCUT2D eigenvalue weighted by molar-refractivity contribution is -0.116. The maximum atomic E-state index is 11.4. The third-order valence-corrected chi connectivity index (χ3v) is 2.43. The van der Waals surface area contributed by atoms with E-state index in [9.17, 15) is 9.59 Å². The van der Waals surface area contributed by atoms with Crippen LogP contribution in [-0.2, 0) is 4.79 Å². The molecule has 0 aliphatic rings. The molecule has 0 unspecified atom stereocenters. The lowest BCUT2D eigenvalue weighted by Crippen LogP contribution is -2.13. The first-order valence-corrected chi connectivity index (χ1v) is 5.53. The van der Waals surface area contributed by atoms with Crippen molar-refractivity contribution in [3.63, 3.8) is 0 Å². The van der Waals surface area contributed by atoms with Crippen molar-refractivity contribution in [2.24, 2.45) is 0 Å². The molecule has 86 valence electrons. The van der Waals surface area contributed by atoms with Gasteiger partial charge in [0.15, 0.2) is 5.78 Å². The zero-order valence-electron chi connectivity index (χ0n) is 9.34. The fourth-order valence-corrected chi connectivity index (χ4v) is 1.73. The van der Waals surface area contributed by atoms with Crippen LogP contribution in [0.4, 0.5) is 5.69 Å². The molecule has 1 aromatic rings. The highest BCUT2D eigenvalue weighted by molar-refractivity contribution is 6.34. The molecule has 0 aliphatic carbocycles. The summed E-state index contributed by atoms with van der Waals surface area (Å²) < 4.78 is 0. The lowest BCUT2D eigenvalue weighted by Gasteiger charge is -2.09. The number of Topliss-reactive ketones (excluding diaryl/α,β-unsaturated/α-hetero) is 1. The third kappa shape index (κ3) is 3.07. The number of nitrogens with one attached hydrogen (secondary N) is 1. The summed E-state index contributed by atoms with van der Waals surface area (Å²) in [5, 5.41) is 3.05. The van der Waals surface area contributed by atoms with E-state index in [0.717, 1.165) is 6.42 Å². The maximum Gasteiger partial charge on any atom is 0.224 e. The van der Waals surface area contributed by atoms with E-state index < -0.39 is 0 Å². The molecule has 1 aromatic carbocycles. The van der Waals surface area contributed by atoms with Crippen LogP contribution in [0.2, 0.25) is 5.02 Å². The number of amides is 1. The Morgan fingerprint density at radius 3 is 2.62 bits per heavy atom. The first kappa shape index (κ1) is 12.7. The summed E-state index contributed by atoms with van der Waals surface area (Å²) in [5.41, 5.74) is 0.854. The van der Waals surface area contributed by atoms with Crippen LogP contribution in [0.1, 0.15) is 37.0 Å². The molecule has 4 heteroatoms. The van der Waals surface area contributed by atoms with E-state index in [1.807, 2.05) is 6.92 Å². The van der Waals surface area contributed by atoms with E-state index in [0.29, 0.717) is 22.7 Å². The second-order valence-corrected chi connectivity index (χ2v) is 3.92. The van der Waals surface area contributed by atoms with Crippen LogP contribution in [0.25, 0.3) is 0 Å². The van der Waals surface area contributed by atoms with E-state index in [4.69, 9.17) is 11.6 Å². The zero-order valence-corrected chi connectivity index (χ0v) is 10.1. The van der Waals surface area contributed by atoms with Gasteiger partial charge in [-0.2, -0.15) is 0 Å². The van der Waals surface area contributed by atoms with Crippen molar-refractivity contribution >= 4 is 29.0 Å². The van der Waals surface area contributed by atoms with Crippen molar-refractivity contribution in [3.05, 3.63) is 28.8 Å². The standard InChI is InChI=1S/C12H14ClNO2/c1-3-5-11(16)14-10-7-4-6-9(13)12(10)8(2)15/h4,6-7H,3,5H2,1-2H3,(H,14,16). The smallest absolute Gasteiger partial charge is 0.224 e. The zero-order chi connectivity index (χ0) is 12.1. The molecule has 0 heterocycles. The van der Waals surface area contributed by atoms with Crippen molar-refractivity contribution in [3.8, 4) is 0 Å². The van der Waals surface area contributed by atoms with Crippen LogP contribution < -0.4 is 5.32 Å². The molecule has 0 spiro atoms. The van der Waals surface area contributed by atoms with Crippen molar-refractivity contribution in [2.75, 3.05) is 5.32 Å². The second kappa shape index (κ2) is 5.66. The summed E-state index contributed by atoms with van der Waals surface area (Å²) in [6, 6.07) is 5.01. The van der Waals surface area contributed by atoms with Gasteiger partial charge in [0.1, 0.15) is 0 Å². The predicted octanol–water partition coefficient (Wildman–Crippen LogP) is 3.28. The van der Waals surface area contributed by atoms with Gasteiger partial charge in [0.05, 0.1) is 16.3 Å². The van der Waals surface area contributed by atoms with Gasteiger partial charge in [-0.1, -0.05) is 24.6 Å². The topological polar surface area (TPSA) is 46.2 Å². The van der Waals surface area contributed by atoms with Gasteiger partial charge in [0.2, 0.25) is 5.91 Å². The summed E-state index contributed by atoms with van der Waals surface area (Å²) in [6.07, 6.45) is 1.20. The molecule has 0 saturated heterocycles. The van der Waals surface area contributed by atoms with Gasteiger partial charge in [-0.25, -0.2) is 0 Å². The highest BCUT2D eigenvalue weighted by atomic mass is 35.5. The molecule has 1 N–H and O–H groups in total. The highest BCUT2D eigenvalue weighted by Crippen LogP contribution is 2.24. The first-order valence-electron chi connectivity index (χ1n) is 5.15. The summed E-state index contributed by atoms with van der Waals surface area (Å²) >= 11 is 5.91. The Balaban J connectivity index is 3.00. The van der Waals surface area contributed by atoms with Gasteiger partial charge in [-0.3, -0.25) is 9.59 Å². The number of anilines is 1. The Bertz CT molecular complexity index is 415. The number of benzene rings is 1. The van der Waals surface area contributed by atoms with E-state index >= 15 is 0 Å². The second-order valence-electron chi connectivity index (χ2n) is 3.52. The molecule has 1 amide bonds. The molecule has 3 nitrogen and oxygen atoms in total. The molecular formula is C12H14ClNO2. The van der Waals surface area contributed by atoms with E-state index in [2.05, 4.69) is 5.32 Å². The Hall–Kier alpha value is -1.35. The Morgan fingerprint density at radius 2 is 2.06 bits per heavy atom. The van der Waals surface area contributed by atoms with Crippen molar-refractivity contribution in [2.45, 2.75) is 26.7 Å². The highest BCUT2D eigenvalue weighted by Gasteiger charge is 2.12. The Kier molecular flexibility index (Phi) is 4.50. The fourth-order valence-electron chi connectivity index (χ4n) is 1.43. The average Bonchev–Trinajstić information content (AvgIpc) is 2.17. The summed E-state index contributed by atoms with van der Waals surface area (Å²) in [6.45, 7) is 3.35. The number of hydrogen-bond acceptors (Lipinski definition) is 2. The number of hydrogen-bond donors (Lipinski definition) is 1. The molecular weight excluding hydrogens is 226 g/mol. The molecule has 0 atom stereocenters. The van der Waals surface area contributed by atoms with Crippen LogP contribution in [-0.4, -0.2) is 11.7 Å². The third-order valence-electron chi connectivity index (χ3n) is 2.12. The van der Waals surface area contributed by atoms with Crippen LogP contribution in [0, 0.1) is 0 Å². The minimum atomic E-state index is -0.155. The fraction of sp³-hybridized carbons (Fsp3) is 0.333. The van der Waals surface area contributed by atoms with Crippen LogP contribution >= 0.6 is 11.6 Å². The number of halogens is 1. The quantitative estimate of drug-likeness (QED) is 0.820. The van der Waals surface area contributed by atoms with Gasteiger partial charge in [0.25, 0.3) is 0 Å². The molecule has 0 aromatic heterocycles. The van der Waals surface area contributed by atoms with Crippen molar-refractivity contribution in [1.82, 2.24) is 0 Å². The molecule has 0 aliphatic heterocycles. The predicted molar refractivity (Wildman–Crippen MR) is 65.0 cm³/mol. The van der Waals surface area contributed by atoms with Gasteiger partial charge in [-0.15, -0.1) is 0 Å². The maximum absolute atomic E-state index is 11.4. The minimum absolute atomic E-state index is 0.104. The SMILES string of the molecule is CCCC(=O)Nc1cccc(Cl)c1C(C)=O. The van der Waals surface area contributed by atoms with Gasteiger partial charge in [-0.05, 0) is 25.5 Å². The molecule has 0 saturated carbocycles. The van der Waals surface area contributed by atoms with Crippen molar-refractivity contribution < 1.29 is 9.59 Å². The number of ketones is 1. The minimum Gasteiger partial charge on any atom is -0.325 e. The molecule has 16 heavy (non-hydrogen) atoms. The summed E-state index contributed by atoms with van der Waals surface area (Å²) in [7, 11) is 0. The molecule has 0 radical (unpaired) electrons. The van der Waals surface area contributed by atoms with Gasteiger partial charge < -0.3 is 5.32 Å². The lowest BCUT2D eigenvalue weighted by atomic mass is 10.1. The van der Waals surface area contributed by atoms with Gasteiger partial charge in [0, 0.05) is 6.42 Å². The van der Waals surface area contributed by atoms with Crippen molar-refractivity contribution in [1.29, 1.82) is 0 Å². The average molecular weight is 240 g/mol. The summed E-state index contributed by atoms with van der Waals surface area (Å²) in [5.74, 6) is -0.260. The molecule has 0 bridgehead atoms. The molecule has 0 fully saturated rings. The summed E-state index contributed by atoms with van der Waals surface area (Å²) in [4.78, 5) is 22.8. The van der Waals surface area contributed by atoms with E-state index in [1.54, 1.807) is 18.2 Å². The number of carbonyl (C=O) groups is 2. The van der Waals surface area contributed by atoms with Crippen LogP contribution in [0.3, 0.4) is 0 Å². The van der Waals surface area contributed by atoms with Crippen LogP contribution in [0.5, 0.6) is 0 Å². The Labute approximate surface area is 99.8 Å². The number of rotatable bonds is 4. The van der Waals surface area contributed by atoms with E-state index in [1.165, 1.54) is 6.92 Å². The van der Waals surface area contributed by atoms with Crippen LogP contribution in [0.15, 0.2) is 18.2 Å². The number of carbonyl (C=O) groups excluding carboxylic acids is 2. The van der Waals surface area contributed by atoms with Gasteiger partial charge >= 0.3 is 0 Å². The Morgan fingerprint density at radius 1 is 1.38 bits per heavy atom. The largest absolute Gasteiger partial charge is 0.325 e. The monoisotopic (exact) mass is 239 g/mol. The first-order chi connectivity index (χ1) is 7.56. The normalized spacial score (nSPS) is 9.94. The molecule has 1 rings (SSSR count).